The zero-order valence-electron chi connectivity index (χ0n) is 12.5. The van der Waals surface area contributed by atoms with Crippen molar-refractivity contribution in [1.82, 2.24) is 19.7 Å². The van der Waals surface area contributed by atoms with Gasteiger partial charge in [-0.1, -0.05) is 11.6 Å². The van der Waals surface area contributed by atoms with E-state index in [1.807, 2.05) is 0 Å². The van der Waals surface area contributed by atoms with E-state index in [2.05, 4.69) is 15.1 Å². The number of esters is 1. The third-order valence-corrected chi connectivity index (χ3v) is 3.52. The van der Waals surface area contributed by atoms with Gasteiger partial charge in [0.1, 0.15) is 5.56 Å². The molecular formula is C15H13ClN4O3. The van der Waals surface area contributed by atoms with Crippen LogP contribution in [0.2, 0.25) is 5.02 Å². The van der Waals surface area contributed by atoms with Gasteiger partial charge in [-0.05, 0) is 25.1 Å². The first-order valence-electron chi connectivity index (χ1n) is 6.90. The quantitative estimate of drug-likeness (QED) is 0.742. The molecule has 0 amide bonds. The van der Waals surface area contributed by atoms with Crippen molar-refractivity contribution in [2.24, 2.45) is 7.05 Å². The summed E-state index contributed by atoms with van der Waals surface area (Å²) in [6, 6.07) is 5.06. The van der Waals surface area contributed by atoms with Gasteiger partial charge in [0.25, 0.3) is 5.56 Å². The minimum absolute atomic E-state index is 0.0574. The van der Waals surface area contributed by atoms with Crippen molar-refractivity contribution in [2.45, 2.75) is 6.92 Å². The number of H-pyrrole nitrogens is 1. The molecule has 0 aliphatic heterocycles. The molecule has 0 radical (unpaired) electrons. The summed E-state index contributed by atoms with van der Waals surface area (Å²) in [5.41, 5.74) is 1.29. The average molecular weight is 333 g/mol. The Hall–Kier alpha value is -2.67. The van der Waals surface area contributed by atoms with Crippen LogP contribution >= 0.6 is 11.6 Å². The maximum atomic E-state index is 12.3. The Bertz CT molecular complexity index is 961. The number of aryl methyl sites for hydroxylation is 1. The molecular weight excluding hydrogens is 320 g/mol. The van der Waals surface area contributed by atoms with Gasteiger partial charge in [-0.15, -0.1) is 0 Å². The molecule has 2 heterocycles. The number of aromatic amines is 1. The molecule has 1 aromatic carbocycles. The van der Waals surface area contributed by atoms with Gasteiger partial charge < -0.3 is 4.74 Å². The van der Waals surface area contributed by atoms with E-state index >= 15 is 0 Å². The summed E-state index contributed by atoms with van der Waals surface area (Å²) >= 11 is 5.92. The molecule has 23 heavy (non-hydrogen) atoms. The first-order valence-corrected chi connectivity index (χ1v) is 7.28. The molecule has 0 saturated carbocycles. The van der Waals surface area contributed by atoms with Crippen LogP contribution in [0, 0.1) is 0 Å². The van der Waals surface area contributed by atoms with Crippen LogP contribution in [0.25, 0.3) is 22.3 Å². The highest BCUT2D eigenvalue weighted by atomic mass is 35.5. The Kier molecular flexibility index (Phi) is 3.87. The Morgan fingerprint density at radius 2 is 2.17 bits per heavy atom. The lowest BCUT2D eigenvalue weighted by Crippen LogP contribution is -2.13. The van der Waals surface area contributed by atoms with Crippen molar-refractivity contribution in [3.63, 3.8) is 0 Å². The number of benzene rings is 1. The zero-order valence-corrected chi connectivity index (χ0v) is 13.2. The van der Waals surface area contributed by atoms with Crippen LogP contribution in [-0.4, -0.2) is 32.3 Å². The van der Waals surface area contributed by atoms with Crippen LogP contribution in [0.4, 0.5) is 0 Å². The molecule has 3 aromatic rings. The number of ether oxygens (including phenoxy) is 1. The summed E-state index contributed by atoms with van der Waals surface area (Å²) in [6.45, 7) is 1.90. The minimum atomic E-state index is -0.613. The summed E-state index contributed by atoms with van der Waals surface area (Å²) in [4.78, 5) is 33.0. The van der Waals surface area contributed by atoms with E-state index in [1.54, 1.807) is 25.1 Å². The number of nitrogens with zero attached hydrogens (tertiary/aromatic N) is 3. The number of carbonyl (C=O) groups is 1. The third-order valence-electron chi connectivity index (χ3n) is 3.29. The lowest BCUT2D eigenvalue weighted by molar-refractivity contribution is 0.0519. The smallest absolute Gasteiger partial charge is 0.357 e. The van der Waals surface area contributed by atoms with Gasteiger partial charge in [0, 0.05) is 12.1 Å². The van der Waals surface area contributed by atoms with E-state index in [-0.39, 0.29) is 23.4 Å². The van der Waals surface area contributed by atoms with Gasteiger partial charge >= 0.3 is 5.97 Å². The molecule has 0 unspecified atom stereocenters. The number of hydrogen-bond donors (Lipinski definition) is 1. The first kappa shape index (κ1) is 15.2. The fourth-order valence-corrected chi connectivity index (χ4v) is 2.41. The second-order valence-corrected chi connectivity index (χ2v) is 5.27. The molecule has 1 N–H and O–H groups in total. The minimum Gasteiger partial charge on any atom is -0.461 e. The predicted molar refractivity (Wildman–Crippen MR) is 85.5 cm³/mol. The van der Waals surface area contributed by atoms with Crippen LogP contribution < -0.4 is 5.56 Å². The highest BCUT2D eigenvalue weighted by molar-refractivity contribution is 6.31. The molecule has 3 rings (SSSR count). The molecule has 0 spiro atoms. The summed E-state index contributed by atoms with van der Waals surface area (Å²) in [6.07, 6.45) is 1.44. The predicted octanol–water partition coefficient (Wildman–Crippen LogP) is 2.15. The van der Waals surface area contributed by atoms with E-state index in [0.29, 0.717) is 21.7 Å². The number of carbonyl (C=O) groups excluding carboxylic acids is 1. The summed E-state index contributed by atoms with van der Waals surface area (Å²) in [7, 11) is 1.52. The second-order valence-electron chi connectivity index (χ2n) is 4.83. The maximum Gasteiger partial charge on any atom is 0.357 e. The van der Waals surface area contributed by atoms with Crippen molar-refractivity contribution in [3.05, 3.63) is 45.5 Å². The molecule has 0 atom stereocenters. The number of fused-ring (bicyclic) bond motifs is 1. The normalized spacial score (nSPS) is 10.9. The zero-order chi connectivity index (χ0) is 16.6. The van der Waals surface area contributed by atoms with E-state index in [9.17, 15) is 9.59 Å². The number of nitrogens with one attached hydrogen (secondary N) is 1. The number of hydrogen-bond acceptors (Lipinski definition) is 5. The number of rotatable bonds is 3. The molecule has 0 aliphatic rings. The van der Waals surface area contributed by atoms with Crippen LogP contribution in [0.15, 0.2) is 29.2 Å². The van der Waals surface area contributed by atoms with E-state index < -0.39 is 5.97 Å². The molecule has 7 nitrogen and oxygen atoms in total. The molecule has 2 aromatic heterocycles. The van der Waals surface area contributed by atoms with Crippen LogP contribution in [-0.2, 0) is 11.8 Å². The fraction of sp³-hybridized carbons (Fsp3) is 0.200. The molecule has 8 heteroatoms. The number of aromatic nitrogens is 4. The topological polar surface area (TPSA) is 89.9 Å². The van der Waals surface area contributed by atoms with Gasteiger partial charge in [0.05, 0.1) is 29.5 Å². The largest absolute Gasteiger partial charge is 0.461 e. The third kappa shape index (κ3) is 2.70. The molecule has 0 saturated heterocycles. The summed E-state index contributed by atoms with van der Waals surface area (Å²) < 4.78 is 6.18. The average Bonchev–Trinajstić information content (AvgIpc) is 2.83. The van der Waals surface area contributed by atoms with Crippen molar-refractivity contribution in [3.8, 4) is 11.3 Å². The van der Waals surface area contributed by atoms with Gasteiger partial charge in [-0.2, -0.15) is 0 Å². The molecule has 0 fully saturated rings. The van der Waals surface area contributed by atoms with E-state index in [4.69, 9.17) is 16.3 Å². The van der Waals surface area contributed by atoms with E-state index in [0.717, 1.165) is 0 Å². The van der Waals surface area contributed by atoms with E-state index in [1.165, 1.54) is 17.9 Å². The standard InChI is InChI=1S/C15H13ClN4O3/c1-3-23-15(22)13-12(14(21)20(2)19-13)11-7-17-10-6-8(16)4-5-9(10)18-11/h4-7,19H,3H2,1-2H3. The lowest BCUT2D eigenvalue weighted by Gasteiger charge is -2.03. The maximum absolute atomic E-state index is 12.3. The van der Waals surface area contributed by atoms with Crippen LogP contribution in [0.1, 0.15) is 17.4 Å². The van der Waals surface area contributed by atoms with Gasteiger partial charge in [-0.25, -0.2) is 9.78 Å². The van der Waals surface area contributed by atoms with Crippen molar-refractivity contribution in [1.29, 1.82) is 0 Å². The van der Waals surface area contributed by atoms with Crippen molar-refractivity contribution < 1.29 is 9.53 Å². The lowest BCUT2D eigenvalue weighted by atomic mass is 10.1. The molecule has 0 bridgehead atoms. The van der Waals surface area contributed by atoms with Crippen LogP contribution in [0.3, 0.4) is 0 Å². The van der Waals surface area contributed by atoms with Gasteiger partial charge in [-0.3, -0.25) is 19.6 Å². The Morgan fingerprint density at radius 1 is 1.39 bits per heavy atom. The first-order chi connectivity index (χ1) is 11.0. The van der Waals surface area contributed by atoms with Gasteiger partial charge in [0.2, 0.25) is 0 Å². The van der Waals surface area contributed by atoms with Crippen molar-refractivity contribution >= 4 is 28.6 Å². The highest BCUT2D eigenvalue weighted by Crippen LogP contribution is 2.21. The fourth-order valence-electron chi connectivity index (χ4n) is 2.24. The Labute approximate surface area is 135 Å². The molecule has 0 aliphatic carbocycles. The Morgan fingerprint density at radius 3 is 2.91 bits per heavy atom. The Balaban J connectivity index is 2.20. The number of halogens is 1. The van der Waals surface area contributed by atoms with Gasteiger partial charge in [0.15, 0.2) is 5.69 Å². The van der Waals surface area contributed by atoms with Crippen LogP contribution in [0.5, 0.6) is 0 Å². The second kappa shape index (κ2) is 5.85. The summed E-state index contributed by atoms with van der Waals surface area (Å²) in [5.74, 6) is -0.613. The molecule has 118 valence electrons. The highest BCUT2D eigenvalue weighted by Gasteiger charge is 2.23. The SMILES string of the molecule is CCOC(=O)c1[nH]n(C)c(=O)c1-c1cnc2cc(Cl)ccc2n1. The summed E-state index contributed by atoms with van der Waals surface area (Å²) in [5, 5.41) is 3.24. The monoisotopic (exact) mass is 332 g/mol. The van der Waals surface area contributed by atoms with Crippen molar-refractivity contribution in [2.75, 3.05) is 6.61 Å².